The van der Waals surface area contributed by atoms with Crippen LogP contribution in [0.1, 0.15) is 16.7 Å². The van der Waals surface area contributed by atoms with E-state index in [-0.39, 0.29) is 0 Å². The molecule has 0 atom stereocenters. The summed E-state index contributed by atoms with van der Waals surface area (Å²) in [7, 11) is 0. The van der Waals surface area contributed by atoms with Crippen LogP contribution in [-0.2, 0) is 6.42 Å². The molecule has 2 nitrogen and oxygen atoms in total. The summed E-state index contributed by atoms with van der Waals surface area (Å²) in [5.41, 5.74) is 4.04. The van der Waals surface area contributed by atoms with Gasteiger partial charge in [-0.2, -0.15) is 16.6 Å². The fourth-order valence-electron chi connectivity index (χ4n) is 1.74. The van der Waals surface area contributed by atoms with E-state index in [2.05, 4.69) is 28.2 Å². The van der Waals surface area contributed by atoms with Gasteiger partial charge < -0.3 is 5.32 Å². The number of hydrogen-bond donors (Lipinski definition) is 1. The second-order valence-corrected chi connectivity index (χ2v) is 4.70. The zero-order valence-corrected chi connectivity index (χ0v) is 10.6. The average Bonchev–Trinajstić information content (AvgIpc) is 2.82. The van der Waals surface area contributed by atoms with Gasteiger partial charge in [-0.15, -0.1) is 0 Å². The van der Waals surface area contributed by atoms with Crippen LogP contribution in [0.4, 0.5) is 5.69 Å². The number of thiophene rings is 1. The minimum atomic E-state index is 0.748. The molecule has 0 aliphatic carbocycles. The van der Waals surface area contributed by atoms with E-state index in [0.717, 1.165) is 29.8 Å². The quantitative estimate of drug-likeness (QED) is 0.889. The highest BCUT2D eigenvalue weighted by Crippen LogP contribution is 2.18. The van der Waals surface area contributed by atoms with Crippen molar-refractivity contribution < 1.29 is 0 Å². The summed E-state index contributed by atoms with van der Waals surface area (Å²) < 4.78 is 0. The lowest BCUT2D eigenvalue weighted by Crippen LogP contribution is -2.06. The highest BCUT2D eigenvalue weighted by molar-refractivity contribution is 7.07. The SMILES string of the molecule is Cc1cccc(NCCc2ccsc2)c1C#N. The molecule has 0 spiro atoms. The first-order chi connectivity index (χ1) is 8.31. The molecule has 0 radical (unpaired) electrons. The topological polar surface area (TPSA) is 35.8 Å². The molecule has 1 N–H and O–H groups in total. The second kappa shape index (κ2) is 5.51. The Labute approximate surface area is 106 Å². The fraction of sp³-hybridized carbons (Fsp3) is 0.214. The van der Waals surface area contributed by atoms with E-state index in [9.17, 15) is 0 Å². The van der Waals surface area contributed by atoms with Gasteiger partial charge in [-0.05, 0) is 47.4 Å². The second-order valence-electron chi connectivity index (χ2n) is 3.92. The normalized spacial score (nSPS) is 9.88. The van der Waals surface area contributed by atoms with E-state index in [0.29, 0.717) is 0 Å². The van der Waals surface area contributed by atoms with Crippen molar-refractivity contribution in [3.05, 3.63) is 51.7 Å². The van der Waals surface area contributed by atoms with Crippen LogP contribution in [0, 0.1) is 18.3 Å². The summed E-state index contributed by atoms with van der Waals surface area (Å²) >= 11 is 1.72. The summed E-state index contributed by atoms with van der Waals surface area (Å²) in [6.07, 6.45) is 0.988. The number of anilines is 1. The van der Waals surface area contributed by atoms with E-state index in [4.69, 9.17) is 5.26 Å². The van der Waals surface area contributed by atoms with Crippen molar-refractivity contribution in [1.82, 2.24) is 0 Å². The summed E-state index contributed by atoms with van der Waals surface area (Å²) in [6, 6.07) is 10.3. The Balaban J connectivity index is 2.00. The molecular formula is C14H14N2S. The molecule has 0 bridgehead atoms. The largest absolute Gasteiger partial charge is 0.384 e. The van der Waals surface area contributed by atoms with Crippen LogP contribution in [-0.4, -0.2) is 6.54 Å². The molecule has 0 unspecified atom stereocenters. The molecule has 0 aliphatic rings. The molecule has 3 heteroatoms. The van der Waals surface area contributed by atoms with Crippen molar-refractivity contribution in [3.8, 4) is 6.07 Å². The lowest BCUT2D eigenvalue weighted by molar-refractivity contribution is 1.02. The first kappa shape index (κ1) is 11.7. The first-order valence-electron chi connectivity index (χ1n) is 5.56. The van der Waals surface area contributed by atoms with Crippen molar-refractivity contribution >= 4 is 17.0 Å². The Hall–Kier alpha value is -1.79. The van der Waals surface area contributed by atoms with Gasteiger partial charge in [0.1, 0.15) is 6.07 Å². The molecule has 0 aliphatic heterocycles. The molecule has 1 heterocycles. The van der Waals surface area contributed by atoms with Crippen LogP contribution in [0.25, 0.3) is 0 Å². The van der Waals surface area contributed by atoms with E-state index >= 15 is 0 Å². The Morgan fingerprint density at radius 1 is 1.35 bits per heavy atom. The number of hydrogen-bond acceptors (Lipinski definition) is 3. The number of nitrogens with one attached hydrogen (secondary N) is 1. The molecule has 0 saturated heterocycles. The van der Waals surface area contributed by atoms with E-state index in [1.807, 2.05) is 25.1 Å². The van der Waals surface area contributed by atoms with Gasteiger partial charge in [-0.3, -0.25) is 0 Å². The highest BCUT2D eigenvalue weighted by atomic mass is 32.1. The minimum absolute atomic E-state index is 0.748. The van der Waals surface area contributed by atoms with Crippen molar-refractivity contribution in [1.29, 1.82) is 5.26 Å². The highest BCUT2D eigenvalue weighted by Gasteiger charge is 2.03. The Morgan fingerprint density at radius 3 is 2.94 bits per heavy atom. The molecule has 0 fully saturated rings. The minimum Gasteiger partial charge on any atom is -0.384 e. The third-order valence-corrected chi connectivity index (χ3v) is 3.43. The predicted molar refractivity (Wildman–Crippen MR) is 72.4 cm³/mol. The van der Waals surface area contributed by atoms with Gasteiger partial charge in [0.05, 0.1) is 11.3 Å². The molecule has 1 aromatic heterocycles. The van der Waals surface area contributed by atoms with Crippen LogP contribution in [0.2, 0.25) is 0 Å². The monoisotopic (exact) mass is 242 g/mol. The summed E-state index contributed by atoms with van der Waals surface area (Å²) in [6.45, 7) is 2.82. The standard InChI is InChI=1S/C14H14N2S/c1-11-3-2-4-14(13(11)9-15)16-7-5-12-6-8-17-10-12/h2-4,6,8,10,16H,5,7H2,1H3. The molecule has 0 saturated carbocycles. The van der Waals surface area contributed by atoms with Gasteiger partial charge >= 0.3 is 0 Å². The van der Waals surface area contributed by atoms with Gasteiger partial charge in [0.2, 0.25) is 0 Å². The maximum atomic E-state index is 9.09. The number of aryl methyl sites for hydroxylation is 1. The Bertz CT molecular complexity index is 524. The molecule has 2 rings (SSSR count). The first-order valence-corrected chi connectivity index (χ1v) is 6.50. The third kappa shape index (κ3) is 2.86. The number of nitriles is 1. The van der Waals surface area contributed by atoms with Crippen LogP contribution in [0.3, 0.4) is 0 Å². The summed E-state index contributed by atoms with van der Waals surface area (Å²) in [5, 5.41) is 16.7. The lowest BCUT2D eigenvalue weighted by Gasteiger charge is -2.09. The van der Waals surface area contributed by atoms with E-state index in [1.54, 1.807) is 11.3 Å². The van der Waals surface area contributed by atoms with Crippen LogP contribution in [0.15, 0.2) is 35.0 Å². The number of nitrogens with zero attached hydrogens (tertiary/aromatic N) is 1. The summed E-state index contributed by atoms with van der Waals surface area (Å²) in [5.74, 6) is 0. The van der Waals surface area contributed by atoms with Crippen molar-refractivity contribution in [2.75, 3.05) is 11.9 Å². The smallest absolute Gasteiger partial charge is 0.102 e. The van der Waals surface area contributed by atoms with Gasteiger partial charge in [0.25, 0.3) is 0 Å². The van der Waals surface area contributed by atoms with Crippen molar-refractivity contribution in [2.24, 2.45) is 0 Å². The molecular weight excluding hydrogens is 228 g/mol. The average molecular weight is 242 g/mol. The molecule has 17 heavy (non-hydrogen) atoms. The number of rotatable bonds is 4. The Kier molecular flexibility index (Phi) is 3.79. The maximum Gasteiger partial charge on any atom is 0.102 e. The lowest BCUT2D eigenvalue weighted by atomic mass is 10.1. The zero-order chi connectivity index (χ0) is 12.1. The van der Waals surface area contributed by atoms with Gasteiger partial charge in [0, 0.05) is 6.54 Å². The van der Waals surface area contributed by atoms with Crippen LogP contribution < -0.4 is 5.32 Å². The molecule has 1 aromatic carbocycles. The predicted octanol–water partition coefficient (Wildman–Crippen LogP) is 3.58. The zero-order valence-electron chi connectivity index (χ0n) is 9.73. The van der Waals surface area contributed by atoms with E-state index < -0.39 is 0 Å². The molecule has 2 aromatic rings. The van der Waals surface area contributed by atoms with Crippen LogP contribution in [0.5, 0.6) is 0 Å². The number of benzene rings is 1. The third-order valence-electron chi connectivity index (χ3n) is 2.69. The maximum absolute atomic E-state index is 9.09. The molecule has 0 amide bonds. The van der Waals surface area contributed by atoms with E-state index in [1.165, 1.54) is 5.56 Å². The van der Waals surface area contributed by atoms with Crippen molar-refractivity contribution in [3.63, 3.8) is 0 Å². The van der Waals surface area contributed by atoms with Gasteiger partial charge in [-0.25, -0.2) is 0 Å². The van der Waals surface area contributed by atoms with Crippen LogP contribution >= 0.6 is 11.3 Å². The fourth-order valence-corrected chi connectivity index (χ4v) is 2.44. The molecule has 86 valence electrons. The van der Waals surface area contributed by atoms with Gasteiger partial charge in [0.15, 0.2) is 0 Å². The Morgan fingerprint density at radius 2 is 2.24 bits per heavy atom. The van der Waals surface area contributed by atoms with Gasteiger partial charge in [-0.1, -0.05) is 12.1 Å². The summed E-state index contributed by atoms with van der Waals surface area (Å²) in [4.78, 5) is 0. The van der Waals surface area contributed by atoms with Crippen molar-refractivity contribution in [2.45, 2.75) is 13.3 Å².